The lowest BCUT2D eigenvalue weighted by atomic mass is 10.1. The summed E-state index contributed by atoms with van der Waals surface area (Å²) in [5.74, 6) is 0.656. The summed E-state index contributed by atoms with van der Waals surface area (Å²) in [5, 5.41) is 21.3. The Morgan fingerprint density at radius 2 is 2.12 bits per heavy atom. The van der Waals surface area contributed by atoms with Crippen molar-refractivity contribution < 1.29 is 5.11 Å². The molecule has 1 heterocycles. The first-order valence-corrected chi connectivity index (χ1v) is 5.76. The van der Waals surface area contributed by atoms with Gasteiger partial charge in [0.2, 0.25) is 0 Å². The van der Waals surface area contributed by atoms with Crippen LogP contribution >= 0.6 is 23.2 Å². The summed E-state index contributed by atoms with van der Waals surface area (Å²) in [6, 6.07) is 5.28. The number of hydrogen-bond donors (Lipinski definition) is 1. The molecule has 0 fully saturated rings. The van der Waals surface area contributed by atoms with Gasteiger partial charge in [-0.3, -0.25) is 0 Å². The van der Waals surface area contributed by atoms with Crippen LogP contribution in [0.4, 0.5) is 0 Å². The van der Waals surface area contributed by atoms with Gasteiger partial charge >= 0.3 is 0 Å². The molecule has 0 spiro atoms. The van der Waals surface area contributed by atoms with Gasteiger partial charge in [-0.25, -0.2) is 4.68 Å². The van der Waals surface area contributed by atoms with Gasteiger partial charge in [-0.1, -0.05) is 29.3 Å². The summed E-state index contributed by atoms with van der Waals surface area (Å²) < 4.78 is 1.55. The third-order valence-corrected chi connectivity index (χ3v) is 2.87. The van der Waals surface area contributed by atoms with Crippen LogP contribution < -0.4 is 0 Å². The third kappa shape index (κ3) is 2.94. The predicted octanol–water partition coefficient (Wildman–Crippen LogP) is 1.56. The molecule has 1 aromatic carbocycles. The smallest absolute Gasteiger partial charge is 0.155 e. The second-order valence-electron chi connectivity index (χ2n) is 3.45. The fourth-order valence-corrected chi connectivity index (χ4v) is 1.93. The molecule has 0 saturated carbocycles. The van der Waals surface area contributed by atoms with E-state index in [0.717, 1.165) is 5.56 Å². The first kappa shape index (κ1) is 12.3. The quantitative estimate of drug-likeness (QED) is 0.918. The first-order chi connectivity index (χ1) is 8.20. The second kappa shape index (κ2) is 5.44. The number of benzene rings is 1. The second-order valence-corrected chi connectivity index (χ2v) is 4.30. The highest BCUT2D eigenvalue weighted by Gasteiger charge is 2.09. The van der Waals surface area contributed by atoms with Crippen molar-refractivity contribution in [1.29, 1.82) is 0 Å². The van der Waals surface area contributed by atoms with Crippen molar-refractivity contribution in [3.8, 4) is 0 Å². The monoisotopic (exact) mass is 272 g/mol. The molecule has 0 unspecified atom stereocenters. The third-order valence-electron chi connectivity index (χ3n) is 2.28. The molecular formula is C10H10Cl2N4O. The maximum atomic E-state index is 8.86. The Morgan fingerprint density at radius 1 is 1.29 bits per heavy atom. The molecule has 7 heteroatoms. The molecule has 0 aliphatic carbocycles. The van der Waals surface area contributed by atoms with Crippen molar-refractivity contribution in [2.75, 3.05) is 6.61 Å². The van der Waals surface area contributed by atoms with E-state index in [0.29, 0.717) is 28.8 Å². The summed E-state index contributed by atoms with van der Waals surface area (Å²) >= 11 is 11.9. The molecule has 0 bridgehead atoms. The van der Waals surface area contributed by atoms with Crippen LogP contribution in [0.25, 0.3) is 0 Å². The molecular weight excluding hydrogens is 263 g/mol. The molecule has 17 heavy (non-hydrogen) atoms. The van der Waals surface area contributed by atoms with Crippen molar-refractivity contribution in [3.63, 3.8) is 0 Å². The Hall–Kier alpha value is -1.17. The Balaban J connectivity index is 2.22. The van der Waals surface area contributed by atoms with Gasteiger partial charge in [0, 0.05) is 16.5 Å². The highest BCUT2D eigenvalue weighted by Crippen LogP contribution is 2.22. The fraction of sp³-hybridized carbons (Fsp3) is 0.300. The molecule has 1 N–H and O–H groups in total. The molecule has 0 aliphatic rings. The number of tetrazole rings is 1. The fourth-order valence-electron chi connectivity index (χ4n) is 1.45. The topological polar surface area (TPSA) is 63.8 Å². The molecule has 0 atom stereocenters. The van der Waals surface area contributed by atoms with E-state index < -0.39 is 0 Å². The largest absolute Gasteiger partial charge is 0.394 e. The Bertz CT molecular complexity index is 515. The number of aromatic nitrogens is 4. The number of hydrogen-bond acceptors (Lipinski definition) is 4. The lowest BCUT2D eigenvalue weighted by molar-refractivity contribution is 0.266. The van der Waals surface area contributed by atoms with Crippen LogP contribution in [0.2, 0.25) is 10.0 Å². The highest BCUT2D eigenvalue weighted by atomic mass is 35.5. The summed E-state index contributed by atoms with van der Waals surface area (Å²) in [7, 11) is 0. The molecule has 1 aromatic heterocycles. The van der Waals surface area contributed by atoms with Gasteiger partial charge in [-0.15, -0.1) is 5.10 Å². The molecule has 5 nitrogen and oxygen atoms in total. The van der Waals surface area contributed by atoms with Gasteiger partial charge in [0.15, 0.2) is 5.82 Å². The van der Waals surface area contributed by atoms with E-state index in [1.807, 2.05) is 6.07 Å². The minimum Gasteiger partial charge on any atom is -0.394 e. The highest BCUT2D eigenvalue weighted by molar-refractivity contribution is 6.35. The molecule has 0 radical (unpaired) electrons. The molecule has 0 aliphatic heterocycles. The van der Waals surface area contributed by atoms with Crippen LogP contribution in [0, 0.1) is 0 Å². The average molecular weight is 273 g/mol. The van der Waals surface area contributed by atoms with Crippen LogP contribution in [0.15, 0.2) is 18.2 Å². The van der Waals surface area contributed by atoms with Gasteiger partial charge in [-0.2, -0.15) is 0 Å². The Morgan fingerprint density at radius 3 is 2.82 bits per heavy atom. The number of halogens is 2. The van der Waals surface area contributed by atoms with Crippen LogP contribution in [0.5, 0.6) is 0 Å². The van der Waals surface area contributed by atoms with Crippen LogP contribution in [-0.2, 0) is 13.0 Å². The Labute approximate surface area is 108 Å². The minimum absolute atomic E-state index is 0.00755. The lowest BCUT2D eigenvalue weighted by Crippen LogP contribution is -2.09. The van der Waals surface area contributed by atoms with Gasteiger partial charge in [0.1, 0.15) is 0 Å². The number of nitrogens with zero attached hydrogens (tertiary/aromatic N) is 4. The van der Waals surface area contributed by atoms with E-state index in [4.69, 9.17) is 28.3 Å². The van der Waals surface area contributed by atoms with E-state index in [1.165, 1.54) is 0 Å². The van der Waals surface area contributed by atoms with Gasteiger partial charge in [0.25, 0.3) is 0 Å². The van der Waals surface area contributed by atoms with E-state index in [-0.39, 0.29) is 6.61 Å². The van der Waals surface area contributed by atoms with E-state index >= 15 is 0 Å². The minimum atomic E-state index is -0.00755. The van der Waals surface area contributed by atoms with Gasteiger partial charge < -0.3 is 5.11 Å². The maximum absolute atomic E-state index is 8.86. The standard InChI is InChI=1S/C10H10Cl2N4O/c11-8-2-1-7(9(12)6-8)5-10-13-14-15-16(10)3-4-17/h1-2,6,17H,3-5H2. The van der Waals surface area contributed by atoms with Crippen molar-refractivity contribution in [2.24, 2.45) is 0 Å². The summed E-state index contributed by atoms with van der Waals surface area (Å²) in [6.45, 7) is 0.361. The first-order valence-electron chi connectivity index (χ1n) is 5.00. The summed E-state index contributed by atoms with van der Waals surface area (Å²) in [4.78, 5) is 0. The van der Waals surface area contributed by atoms with Crippen molar-refractivity contribution >= 4 is 23.2 Å². The number of aliphatic hydroxyl groups is 1. The molecule has 90 valence electrons. The zero-order chi connectivity index (χ0) is 12.3. The SMILES string of the molecule is OCCn1nnnc1Cc1ccc(Cl)cc1Cl. The molecule has 2 aromatic rings. The van der Waals surface area contributed by atoms with Gasteiger partial charge in [-0.05, 0) is 28.1 Å². The van der Waals surface area contributed by atoms with E-state index in [9.17, 15) is 0 Å². The number of rotatable bonds is 4. The maximum Gasteiger partial charge on any atom is 0.155 e. The van der Waals surface area contributed by atoms with Crippen molar-refractivity contribution in [3.05, 3.63) is 39.6 Å². The zero-order valence-electron chi connectivity index (χ0n) is 8.85. The molecule has 2 rings (SSSR count). The lowest BCUT2D eigenvalue weighted by Gasteiger charge is -2.05. The van der Waals surface area contributed by atoms with Crippen molar-refractivity contribution in [2.45, 2.75) is 13.0 Å². The van der Waals surface area contributed by atoms with Crippen LogP contribution in [-0.4, -0.2) is 31.9 Å². The predicted molar refractivity (Wildman–Crippen MR) is 64.2 cm³/mol. The van der Waals surface area contributed by atoms with E-state index in [2.05, 4.69) is 15.5 Å². The van der Waals surface area contributed by atoms with E-state index in [1.54, 1.807) is 16.8 Å². The molecule has 0 saturated heterocycles. The number of aliphatic hydroxyl groups excluding tert-OH is 1. The average Bonchev–Trinajstić information content (AvgIpc) is 2.71. The summed E-state index contributed by atoms with van der Waals surface area (Å²) in [5.41, 5.74) is 0.894. The van der Waals surface area contributed by atoms with Crippen LogP contribution in [0.1, 0.15) is 11.4 Å². The molecule has 0 amide bonds. The van der Waals surface area contributed by atoms with Crippen molar-refractivity contribution in [1.82, 2.24) is 20.2 Å². The Kier molecular flexibility index (Phi) is 3.93. The summed E-state index contributed by atoms with van der Waals surface area (Å²) in [6.07, 6.45) is 0.503. The zero-order valence-corrected chi connectivity index (χ0v) is 10.4. The van der Waals surface area contributed by atoms with Gasteiger partial charge in [0.05, 0.1) is 13.2 Å². The normalized spacial score (nSPS) is 10.8. The van der Waals surface area contributed by atoms with Crippen LogP contribution in [0.3, 0.4) is 0 Å².